The average Bonchev–Trinajstić information content (AvgIpc) is 2.30. The summed E-state index contributed by atoms with van der Waals surface area (Å²) in [5.41, 5.74) is 2.20. The summed E-state index contributed by atoms with van der Waals surface area (Å²) >= 11 is 0. The second-order valence-electron chi connectivity index (χ2n) is 4.30. The van der Waals surface area contributed by atoms with Crippen molar-refractivity contribution in [2.45, 2.75) is 38.6 Å². The third-order valence-electron chi connectivity index (χ3n) is 3.28. The minimum absolute atomic E-state index is 0.196. The van der Waals surface area contributed by atoms with Crippen molar-refractivity contribution in [2.24, 2.45) is 0 Å². The highest BCUT2D eigenvalue weighted by Crippen LogP contribution is 2.19. The summed E-state index contributed by atoms with van der Waals surface area (Å²) in [6.45, 7) is 1.76. The van der Waals surface area contributed by atoms with E-state index in [0.717, 1.165) is 56.0 Å². The van der Waals surface area contributed by atoms with E-state index in [1.54, 1.807) is 4.57 Å². The molecule has 0 bridgehead atoms. The van der Waals surface area contributed by atoms with Crippen LogP contribution in [0.3, 0.4) is 0 Å². The van der Waals surface area contributed by atoms with E-state index in [4.69, 9.17) is 0 Å². The highest BCUT2D eigenvalue weighted by molar-refractivity contribution is 5.34. The van der Waals surface area contributed by atoms with Crippen molar-refractivity contribution < 1.29 is 0 Å². The van der Waals surface area contributed by atoms with E-state index in [-0.39, 0.29) is 5.56 Å². The summed E-state index contributed by atoms with van der Waals surface area (Å²) in [5, 5.41) is 3.21. The predicted molar refractivity (Wildman–Crippen MR) is 58.2 cm³/mol. The fraction of sp³-hybridized carbons (Fsp3) is 0.636. The number of aromatic nitrogens is 2. The lowest BCUT2D eigenvalue weighted by atomic mass is 9.97. The van der Waals surface area contributed by atoms with Crippen LogP contribution in [-0.2, 0) is 19.4 Å². The predicted octanol–water partition coefficient (Wildman–Crippen LogP) is 0.938. The number of nitrogens with zero attached hydrogens (tertiary/aromatic N) is 2. The molecule has 3 rings (SSSR count). The van der Waals surface area contributed by atoms with Gasteiger partial charge in [-0.15, -0.1) is 0 Å². The third kappa shape index (κ3) is 1.35. The SMILES string of the molecule is O=c1c2c(nc3n1CCCN3)CCCC2. The van der Waals surface area contributed by atoms with Crippen molar-refractivity contribution in [2.75, 3.05) is 11.9 Å². The van der Waals surface area contributed by atoms with Crippen LogP contribution in [-0.4, -0.2) is 16.1 Å². The molecule has 0 radical (unpaired) electrons. The van der Waals surface area contributed by atoms with E-state index in [9.17, 15) is 4.79 Å². The molecule has 0 fully saturated rings. The van der Waals surface area contributed by atoms with Crippen molar-refractivity contribution in [1.82, 2.24) is 9.55 Å². The van der Waals surface area contributed by atoms with Crippen molar-refractivity contribution in [3.05, 3.63) is 21.6 Å². The van der Waals surface area contributed by atoms with E-state index >= 15 is 0 Å². The van der Waals surface area contributed by atoms with E-state index < -0.39 is 0 Å². The van der Waals surface area contributed by atoms with Gasteiger partial charge in [-0.05, 0) is 32.1 Å². The first-order valence-corrected chi connectivity index (χ1v) is 5.73. The molecule has 4 heteroatoms. The first kappa shape index (κ1) is 8.95. The van der Waals surface area contributed by atoms with Gasteiger partial charge in [-0.2, -0.15) is 0 Å². The first-order chi connectivity index (χ1) is 7.36. The van der Waals surface area contributed by atoms with Gasteiger partial charge in [0.25, 0.3) is 5.56 Å². The maximum absolute atomic E-state index is 12.1. The van der Waals surface area contributed by atoms with E-state index in [2.05, 4.69) is 10.3 Å². The van der Waals surface area contributed by atoms with Gasteiger partial charge in [-0.1, -0.05) is 0 Å². The lowest BCUT2D eigenvalue weighted by Crippen LogP contribution is -2.34. The molecule has 4 nitrogen and oxygen atoms in total. The van der Waals surface area contributed by atoms with Crippen molar-refractivity contribution in [3.63, 3.8) is 0 Å². The molecule has 1 aliphatic heterocycles. The number of fused-ring (bicyclic) bond motifs is 2. The van der Waals surface area contributed by atoms with Gasteiger partial charge in [-0.3, -0.25) is 9.36 Å². The minimum Gasteiger partial charge on any atom is -0.355 e. The van der Waals surface area contributed by atoms with E-state index in [0.29, 0.717) is 0 Å². The topological polar surface area (TPSA) is 46.9 Å². The maximum atomic E-state index is 12.1. The fourth-order valence-electron chi connectivity index (χ4n) is 2.47. The summed E-state index contributed by atoms with van der Waals surface area (Å²) in [6.07, 6.45) is 5.22. The first-order valence-electron chi connectivity index (χ1n) is 5.73. The van der Waals surface area contributed by atoms with Crippen LogP contribution in [0.4, 0.5) is 5.95 Å². The summed E-state index contributed by atoms with van der Waals surface area (Å²) in [7, 11) is 0. The molecule has 1 aromatic rings. The second-order valence-corrected chi connectivity index (χ2v) is 4.30. The Morgan fingerprint density at radius 1 is 1.20 bits per heavy atom. The molecule has 2 heterocycles. The normalized spacial score (nSPS) is 18.9. The van der Waals surface area contributed by atoms with Crippen molar-refractivity contribution in [1.29, 1.82) is 0 Å². The molecule has 0 saturated heterocycles. The zero-order chi connectivity index (χ0) is 10.3. The zero-order valence-electron chi connectivity index (χ0n) is 8.75. The Bertz CT molecular complexity index is 413. The van der Waals surface area contributed by atoms with Gasteiger partial charge in [0.05, 0.1) is 5.69 Å². The Balaban J connectivity index is 2.20. The summed E-state index contributed by atoms with van der Waals surface area (Å²) in [5.74, 6) is 0.784. The number of aryl methyl sites for hydroxylation is 1. The largest absolute Gasteiger partial charge is 0.355 e. The minimum atomic E-state index is 0.196. The Kier molecular flexibility index (Phi) is 2.01. The fourth-order valence-corrected chi connectivity index (χ4v) is 2.47. The van der Waals surface area contributed by atoms with Gasteiger partial charge in [0.15, 0.2) is 0 Å². The van der Waals surface area contributed by atoms with E-state index in [1.807, 2.05) is 0 Å². The highest BCUT2D eigenvalue weighted by Gasteiger charge is 2.20. The summed E-state index contributed by atoms with van der Waals surface area (Å²) in [4.78, 5) is 16.7. The van der Waals surface area contributed by atoms with Crippen LogP contribution in [0, 0.1) is 0 Å². The van der Waals surface area contributed by atoms with Crippen LogP contribution in [0.5, 0.6) is 0 Å². The molecule has 15 heavy (non-hydrogen) atoms. The van der Waals surface area contributed by atoms with Gasteiger partial charge in [0.2, 0.25) is 5.95 Å². The molecule has 0 spiro atoms. The molecule has 0 amide bonds. The highest BCUT2D eigenvalue weighted by atomic mass is 16.1. The standard InChI is InChI=1S/C11H15N3O/c15-10-8-4-1-2-5-9(8)13-11-12-6-3-7-14(10)11/h1-7H2,(H,12,13). The van der Waals surface area contributed by atoms with Crippen LogP contribution in [0.25, 0.3) is 0 Å². The monoisotopic (exact) mass is 205 g/mol. The number of rotatable bonds is 0. The molecule has 2 aliphatic rings. The van der Waals surface area contributed by atoms with Gasteiger partial charge in [0.1, 0.15) is 0 Å². The molecular weight excluding hydrogens is 190 g/mol. The molecule has 1 aliphatic carbocycles. The van der Waals surface area contributed by atoms with Crippen LogP contribution in [0.1, 0.15) is 30.5 Å². The van der Waals surface area contributed by atoms with Gasteiger partial charge in [-0.25, -0.2) is 4.98 Å². The Morgan fingerprint density at radius 3 is 3.00 bits per heavy atom. The van der Waals surface area contributed by atoms with Gasteiger partial charge < -0.3 is 5.32 Å². The van der Waals surface area contributed by atoms with Crippen LogP contribution in [0.2, 0.25) is 0 Å². The van der Waals surface area contributed by atoms with Gasteiger partial charge >= 0.3 is 0 Å². The summed E-state index contributed by atoms with van der Waals surface area (Å²) < 4.78 is 1.80. The molecule has 0 saturated carbocycles. The molecule has 1 N–H and O–H groups in total. The Labute approximate surface area is 88.3 Å². The second kappa shape index (κ2) is 3.36. The maximum Gasteiger partial charge on any atom is 0.258 e. The number of nitrogens with one attached hydrogen (secondary N) is 1. The number of anilines is 1. The van der Waals surface area contributed by atoms with Crippen LogP contribution >= 0.6 is 0 Å². The quantitative estimate of drug-likeness (QED) is 0.685. The molecule has 0 aromatic carbocycles. The smallest absolute Gasteiger partial charge is 0.258 e. The van der Waals surface area contributed by atoms with E-state index in [1.165, 1.54) is 6.42 Å². The van der Waals surface area contributed by atoms with Crippen LogP contribution in [0.15, 0.2) is 4.79 Å². The number of hydrogen-bond donors (Lipinski definition) is 1. The van der Waals surface area contributed by atoms with Crippen molar-refractivity contribution in [3.8, 4) is 0 Å². The molecular formula is C11H15N3O. The molecule has 0 unspecified atom stereocenters. The lowest BCUT2D eigenvalue weighted by molar-refractivity contribution is 0.565. The van der Waals surface area contributed by atoms with Crippen LogP contribution < -0.4 is 10.9 Å². The molecule has 0 atom stereocenters. The zero-order valence-corrected chi connectivity index (χ0v) is 8.75. The van der Waals surface area contributed by atoms with Gasteiger partial charge in [0, 0.05) is 18.7 Å². The van der Waals surface area contributed by atoms with Crippen molar-refractivity contribution >= 4 is 5.95 Å². The molecule has 1 aromatic heterocycles. The third-order valence-corrected chi connectivity index (χ3v) is 3.28. The average molecular weight is 205 g/mol. The summed E-state index contributed by atoms with van der Waals surface area (Å²) in [6, 6.07) is 0. The Hall–Kier alpha value is -1.32. The Morgan fingerprint density at radius 2 is 2.07 bits per heavy atom. The lowest BCUT2D eigenvalue weighted by Gasteiger charge is -2.23. The number of hydrogen-bond acceptors (Lipinski definition) is 3. The molecule has 80 valence electrons.